The lowest BCUT2D eigenvalue weighted by Gasteiger charge is -2.47. The average Bonchev–Trinajstić information content (AvgIpc) is 3.19. The Hall–Kier alpha value is -3.34. The molecule has 1 unspecified atom stereocenters. The molecule has 0 aliphatic carbocycles. The van der Waals surface area contributed by atoms with E-state index in [1.165, 1.54) is 11.8 Å². The van der Waals surface area contributed by atoms with E-state index >= 15 is 0 Å². The number of hydrogen-bond acceptors (Lipinski definition) is 3. The van der Waals surface area contributed by atoms with Gasteiger partial charge >= 0.3 is 12.4 Å². The Labute approximate surface area is 202 Å². The van der Waals surface area contributed by atoms with E-state index in [0.717, 1.165) is 10.9 Å². The number of H-pyrrole nitrogens is 1. The lowest BCUT2D eigenvalue weighted by Crippen LogP contribution is -2.64. The second-order valence-corrected chi connectivity index (χ2v) is 9.09. The van der Waals surface area contributed by atoms with Gasteiger partial charge in [-0.1, -0.05) is 18.2 Å². The molecular weight excluding hydrogens is 488 g/mol. The van der Waals surface area contributed by atoms with Gasteiger partial charge in [0.1, 0.15) is 5.78 Å². The predicted octanol–water partition coefficient (Wildman–Crippen LogP) is 5.21. The van der Waals surface area contributed by atoms with E-state index in [4.69, 9.17) is 0 Å². The van der Waals surface area contributed by atoms with Gasteiger partial charge in [0.25, 0.3) is 5.91 Å². The molecule has 1 aromatic heterocycles. The summed E-state index contributed by atoms with van der Waals surface area (Å²) in [5.41, 5.74) is -3.57. The number of amides is 1. The highest BCUT2D eigenvalue weighted by Gasteiger charge is 2.44. The number of aromatic amines is 1. The minimum absolute atomic E-state index is 0.00391. The number of halogens is 6. The summed E-state index contributed by atoms with van der Waals surface area (Å²) in [4.78, 5) is 30.3. The zero-order valence-electron chi connectivity index (χ0n) is 19.2. The van der Waals surface area contributed by atoms with Crippen molar-refractivity contribution < 1.29 is 35.9 Å². The maximum atomic E-state index is 13.6. The number of benzene rings is 2. The zero-order chi connectivity index (χ0) is 26.3. The van der Waals surface area contributed by atoms with Crippen molar-refractivity contribution in [3.8, 4) is 0 Å². The molecule has 1 aliphatic heterocycles. The predicted molar refractivity (Wildman–Crippen MR) is 120 cm³/mol. The molecule has 11 heteroatoms. The Bertz CT molecular complexity index is 1230. The standard InChI is InChI=1S/C25H23F6N3O2/c1-15(35)12-23(13-20-10-16-4-2-3-5-21(16)33-20)14-32-6-7-34(23)22(36)17-8-18(24(26,27)28)11-19(9-17)25(29,30)31/h2-5,8-11,32-33H,6-7,12-14H2,1H3. The van der Waals surface area contributed by atoms with Crippen LogP contribution in [0.4, 0.5) is 26.3 Å². The number of aromatic nitrogens is 1. The summed E-state index contributed by atoms with van der Waals surface area (Å²) in [6, 6.07) is 10.1. The van der Waals surface area contributed by atoms with Gasteiger partial charge in [-0.25, -0.2) is 0 Å². The first-order valence-electron chi connectivity index (χ1n) is 11.2. The van der Waals surface area contributed by atoms with Gasteiger partial charge in [-0.15, -0.1) is 0 Å². The van der Waals surface area contributed by atoms with Crippen LogP contribution in [0.2, 0.25) is 0 Å². The van der Waals surface area contributed by atoms with Gasteiger partial charge in [0.05, 0.1) is 16.7 Å². The fraction of sp³-hybridized carbons (Fsp3) is 0.360. The molecule has 5 nitrogen and oxygen atoms in total. The van der Waals surface area contributed by atoms with Crippen LogP contribution in [-0.4, -0.2) is 46.7 Å². The molecule has 2 heterocycles. The molecule has 0 bridgehead atoms. The lowest BCUT2D eigenvalue weighted by molar-refractivity contribution is -0.143. The van der Waals surface area contributed by atoms with Crippen LogP contribution in [0.5, 0.6) is 0 Å². The number of alkyl halides is 6. The summed E-state index contributed by atoms with van der Waals surface area (Å²) in [5, 5.41) is 4.01. The zero-order valence-corrected chi connectivity index (χ0v) is 19.2. The molecule has 1 aliphatic rings. The molecule has 2 N–H and O–H groups in total. The van der Waals surface area contributed by atoms with E-state index in [1.54, 1.807) is 0 Å². The second-order valence-electron chi connectivity index (χ2n) is 9.09. The van der Waals surface area contributed by atoms with Crippen LogP contribution < -0.4 is 5.32 Å². The van der Waals surface area contributed by atoms with Gasteiger partial charge in [0.15, 0.2) is 0 Å². The van der Waals surface area contributed by atoms with Gasteiger partial charge in [-0.2, -0.15) is 26.3 Å². The molecular formula is C25H23F6N3O2. The van der Waals surface area contributed by atoms with Crippen molar-refractivity contribution >= 4 is 22.6 Å². The van der Waals surface area contributed by atoms with E-state index in [2.05, 4.69) is 10.3 Å². The number of fused-ring (bicyclic) bond motifs is 1. The number of rotatable bonds is 5. The van der Waals surface area contributed by atoms with Crippen molar-refractivity contribution in [3.05, 3.63) is 70.9 Å². The van der Waals surface area contributed by atoms with Gasteiger partial charge in [0.2, 0.25) is 0 Å². The van der Waals surface area contributed by atoms with Crippen molar-refractivity contribution in [3.63, 3.8) is 0 Å². The minimum Gasteiger partial charge on any atom is -0.358 e. The van der Waals surface area contributed by atoms with Gasteiger partial charge in [-0.3, -0.25) is 9.59 Å². The highest BCUT2D eigenvalue weighted by atomic mass is 19.4. The quantitative estimate of drug-likeness (QED) is 0.463. The van der Waals surface area contributed by atoms with Crippen LogP contribution in [0.1, 0.15) is 40.5 Å². The number of Topliss-reactive ketones (excluding diaryl/α,β-unsaturated/α-hetero) is 1. The third-order valence-electron chi connectivity index (χ3n) is 6.30. The average molecular weight is 511 g/mol. The van der Waals surface area contributed by atoms with Gasteiger partial charge < -0.3 is 15.2 Å². The van der Waals surface area contributed by atoms with E-state index in [1.807, 2.05) is 30.3 Å². The van der Waals surface area contributed by atoms with Crippen molar-refractivity contribution in [2.45, 2.75) is 37.7 Å². The molecule has 1 atom stereocenters. The number of carbonyl (C=O) groups excluding carboxylic acids is 2. The number of nitrogens with zero attached hydrogens (tertiary/aromatic N) is 1. The monoisotopic (exact) mass is 511 g/mol. The van der Waals surface area contributed by atoms with Crippen molar-refractivity contribution in [2.75, 3.05) is 19.6 Å². The number of ketones is 1. The largest absolute Gasteiger partial charge is 0.416 e. The molecule has 1 amide bonds. The van der Waals surface area contributed by atoms with Crippen LogP contribution in [0.25, 0.3) is 10.9 Å². The lowest BCUT2D eigenvalue weighted by atomic mass is 9.83. The minimum atomic E-state index is -5.08. The molecule has 36 heavy (non-hydrogen) atoms. The van der Waals surface area contributed by atoms with Crippen LogP contribution in [0.3, 0.4) is 0 Å². The molecule has 2 aromatic carbocycles. The summed E-state index contributed by atoms with van der Waals surface area (Å²) in [6.45, 7) is 1.74. The normalized spacial score (nSPS) is 19.0. The Morgan fingerprint density at radius 3 is 2.19 bits per heavy atom. The second kappa shape index (κ2) is 9.27. The maximum absolute atomic E-state index is 13.6. The SMILES string of the molecule is CC(=O)CC1(Cc2cc3ccccc3[nH]2)CNCCN1C(=O)c1cc(C(F)(F)F)cc(C(F)(F)F)c1. The summed E-state index contributed by atoms with van der Waals surface area (Å²) >= 11 is 0. The maximum Gasteiger partial charge on any atom is 0.416 e. The van der Waals surface area contributed by atoms with Crippen LogP contribution >= 0.6 is 0 Å². The third kappa shape index (κ3) is 5.25. The number of carbonyl (C=O) groups is 2. The highest BCUT2D eigenvalue weighted by molar-refractivity contribution is 5.96. The van der Waals surface area contributed by atoms with E-state index in [0.29, 0.717) is 17.8 Å². The van der Waals surface area contributed by atoms with Crippen LogP contribution in [0.15, 0.2) is 48.5 Å². The van der Waals surface area contributed by atoms with Crippen LogP contribution in [-0.2, 0) is 23.6 Å². The molecule has 3 aromatic rings. The van der Waals surface area contributed by atoms with Crippen molar-refractivity contribution in [1.29, 1.82) is 0 Å². The summed E-state index contributed by atoms with van der Waals surface area (Å²) < 4.78 is 80.4. The number of nitrogens with one attached hydrogen (secondary N) is 2. The van der Waals surface area contributed by atoms with Gasteiger partial charge in [0, 0.05) is 49.2 Å². The number of para-hydroxylation sites is 1. The number of hydrogen-bond donors (Lipinski definition) is 2. The molecule has 0 spiro atoms. The Kier molecular flexibility index (Phi) is 6.63. The Balaban J connectivity index is 1.79. The summed E-state index contributed by atoms with van der Waals surface area (Å²) in [5.74, 6) is -1.27. The summed E-state index contributed by atoms with van der Waals surface area (Å²) in [7, 11) is 0. The topological polar surface area (TPSA) is 65.2 Å². The fourth-order valence-corrected chi connectivity index (χ4v) is 4.82. The van der Waals surface area contributed by atoms with Gasteiger partial charge in [-0.05, 0) is 42.6 Å². The summed E-state index contributed by atoms with van der Waals surface area (Å²) in [6.07, 6.45) is -10.2. The van der Waals surface area contributed by atoms with Crippen molar-refractivity contribution in [1.82, 2.24) is 15.2 Å². The highest BCUT2D eigenvalue weighted by Crippen LogP contribution is 2.37. The first-order chi connectivity index (χ1) is 16.8. The Morgan fingerprint density at radius 2 is 1.61 bits per heavy atom. The Morgan fingerprint density at radius 1 is 0.972 bits per heavy atom. The van der Waals surface area contributed by atoms with E-state index < -0.39 is 40.5 Å². The molecule has 4 rings (SSSR count). The van der Waals surface area contributed by atoms with E-state index in [-0.39, 0.29) is 44.3 Å². The first-order valence-corrected chi connectivity index (χ1v) is 11.2. The van der Waals surface area contributed by atoms with E-state index in [9.17, 15) is 35.9 Å². The molecule has 1 saturated heterocycles. The molecule has 0 saturated carbocycles. The number of piperazine rings is 1. The first kappa shape index (κ1) is 25.7. The molecule has 192 valence electrons. The molecule has 1 fully saturated rings. The third-order valence-corrected chi connectivity index (χ3v) is 6.30. The van der Waals surface area contributed by atoms with Crippen molar-refractivity contribution in [2.24, 2.45) is 0 Å². The fourth-order valence-electron chi connectivity index (χ4n) is 4.82. The molecule has 0 radical (unpaired) electrons. The van der Waals surface area contributed by atoms with Crippen LogP contribution in [0, 0.1) is 0 Å². The smallest absolute Gasteiger partial charge is 0.358 e.